The molecule has 0 spiro atoms. The van der Waals surface area contributed by atoms with Crippen molar-refractivity contribution in [3.05, 3.63) is 0 Å². The first-order valence-corrected chi connectivity index (χ1v) is 4.25. The lowest BCUT2D eigenvalue weighted by Gasteiger charge is -2.22. The molecule has 0 radical (unpaired) electrons. The summed E-state index contributed by atoms with van der Waals surface area (Å²) in [6.07, 6.45) is 1.82. The van der Waals surface area contributed by atoms with Crippen LogP contribution in [0.3, 0.4) is 0 Å². The molecule has 1 rings (SSSR count). The number of ether oxygens (including phenoxy) is 1. The number of nitrogens with two attached hydrogens (primary N) is 1. The average Bonchev–Trinajstić information content (AvgIpc) is 2.06. The standard InChI is InChI=1S/C8H16FNO/c9-8(6-10)5-7-1-3-11-4-2-7/h7-8H,1-6,10H2/t8-/m0/s1. The van der Waals surface area contributed by atoms with Crippen LogP contribution in [0, 0.1) is 5.92 Å². The van der Waals surface area contributed by atoms with Crippen molar-refractivity contribution in [1.82, 2.24) is 0 Å². The monoisotopic (exact) mass is 161 g/mol. The summed E-state index contributed by atoms with van der Waals surface area (Å²) in [6.45, 7) is 1.75. The fourth-order valence-corrected chi connectivity index (χ4v) is 1.44. The summed E-state index contributed by atoms with van der Waals surface area (Å²) in [5.41, 5.74) is 5.18. The zero-order chi connectivity index (χ0) is 8.10. The van der Waals surface area contributed by atoms with Gasteiger partial charge < -0.3 is 10.5 Å². The van der Waals surface area contributed by atoms with E-state index in [2.05, 4.69) is 0 Å². The maximum Gasteiger partial charge on any atom is 0.113 e. The van der Waals surface area contributed by atoms with Crippen LogP contribution in [-0.4, -0.2) is 25.9 Å². The third-order valence-electron chi connectivity index (χ3n) is 2.19. The molecule has 0 aromatic heterocycles. The molecule has 2 N–H and O–H groups in total. The van der Waals surface area contributed by atoms with Gasteiger partial charge in [0.2, 0.25) is 0 Å². The molecule has 1 fully saturated rings. The molecule has 1 atom stereocenters. The Morgan fingerprint density at radius 2 is 2.09 bits per heavy atom. The van der Waals surface area contributed by atoms with Crippen LogP contribution in [0.1, 0.15) is 19.3 Å². The number of hydrogen-bond acceptors (Lipinski definition) is 2. The van der Waals surface area contributed by atoms with Gasteiger partial charge in [0.15, 0.2) is 0 Å². The number of rotatable bonds is 3. The van der Waals surface area contributed by atoms with Crippen LogP contribution in [0.2, 0.25) is 0 Å². The SMILES string of the molecule is NC[C@@H](F)CC1CCOCC1. The Morgan fingerprint density at radius 1 is 1.45 bits per heavy atom. The summed E-state index contributed by atoms with van der Waals surface area (Å²) in [6, 6.07) is 0. The van der Waals surface area contributed by atoms with Crippen LogP contribution >= 0.6 is 0 Å². The van der Waals surface area contributed by atoms with E-state index >= 15 is 0 Å². The van der Waals surface area contributed by atoms with E-state index in [1.165, 1.54) is 0 Å². The topological polar surface area (TPSA) is 35.2 Å². The predicted octanol–water partition coefficient (Wildman–Crippen LogP) is 1.10. The predicted molar refractivity (Wildman–Crippen MR) is 42.1 cm³/mol. The van der Waals surface area contributed by atoms with Crippen LogP contribution in [-0.2, 0) is 4.74 Å². The third-order valence-corrected chi connectivity index (χ3v) is 2.19. The Kier molecular flexibility index (Phi) is 3.80. The minimum Gasteiger partial charge on any atom is -0.381 e. The van der Waals surface area contributed by atoms with Crippen molar-refractivity contribution in [2.45, 2.75) is 25.4 Å². The summed E-state index contributed by atoms with van der Waals surface area (Å²) in [5.74, 6) is 0.502. The average molecular weight is 161 g/mol. The Balaban J connectivity index is 2.13. The molecule has 1 saturated heterocycles. The van der Waals surface area contributed by atoms with Crippen LogP contribution < -0.4 is 5.73 Å². The molecule has 0 saturated carbocycles. The highest BCUT2D eigenvalue weighted by Gasteiger charge is 2.17. The van der Waals surface area contributed by atoms with Gasteiger partial charge in [0.25, 0.3) is 0 Å². The molecule has 0 bridgehead atoms. The maximum absolute atomic E-state index is 12.8. The minimum absolute atomic E-state index is 0.164. The number of hydrogen-bond donors (Lipinski definition) is 1. The van der Waals surface area contributed by atoms with Crippen molar-refractivity contribution in [3.63, 3.8) is 0 Å². The Labute approximate surface area is 66.9 Å². The van der Waals surface area contributed by atoms with E-state index in [0.717, 1.165) is 26.1 Å². The highest BCUT2D eigenvalue weighted by atomic mass is 19.1. The molecule has 0 aromatic rings. The summed E-state index contributed by atoms with van der Waals surface area (Å²) >= 11 is 0. The largest absolute Gasteiger partial charge is 0.381 e. The lowest BCUT2D eigenvalue weighted by molar-refractivity contribution is 0.0561. The Morgan fingerprint density at radius 3 is 2.64 bits per heavy atom. The molecule has 0 aliphatic carbocycles. The van der Waals surface area contributed by atoms with Gasteiger partial charge in [-0.05, 0) is 25.2 Å². The second kappa shape index (κ2) is 4.67. The molecule has 0 unspecified atom stereocenters. The zero-order valence-electron chi connectivity index (χ0n) is 6.76. The molecule has 0 aromatic carbocycles. The Bertz CT molecular complexity index is 104. The summed E-state index contributed by atoms with van der Waals surface area (Å²) in [5, 5.41) is 0. The number of halogens is 1. The van der Waals surface area contributed by atoms with Gasteiger partial charge in [-0.3, -0.25) is 0 Å². The van der Waals surface area contributed by atoms with Crippen LogP contribution in [0.25, 0.3) is 0 Å². The minimum atomic E-state index is -0.807. The summed E-state index contributed by atoms with van der Waals surface area (Å²) < 4.78 is 17.9. The summed E-state index contributed by atoms with van der Waals surface area (Å²) in [7, 11) is 0. The fourth-order valence-electron chi connectivity index (χ4n) is 1.44. The van der Waals surface area contributed by atoms with Crippen molar-refractivity contribution >= 4 is 0 Å². The van der Waals surface area contributed by atoms with Crippen molar-refractivity contribution < 1.29 is 9.13 Å². The van der Waals surface area contributed by atoms with E-state index in [9.17, 15) is 4.39 Å². The first-order valence-electron chi connectivity index (χ1n) is 4.25. The van der Waals surface area contributed by atoms with Gasteiger partial charge in [-0.2, -0.15) is 0 Å². The van der Waals surface area contributed by atoms with Crippen LogP contribution in [0.5, 0.6) is 0 Å². The van der Waals surface area contributed by atoms with Gasteiger partial charge in [-0.25, -0.2) is 4.39 Å². The second-order valence-electron chi connectivity index (χ2n) is 3.12. The normalized spacial score (nSPS) is 23.5. The van der Waals surface area contributed by atoms with E-state index in [1.807, 2.05) is 0 Å². The van der Waals surface area contributed by atoms with Crippen molar-refractivity contribution in [3.8, 4) is 0 Å². The van der Waals surface area contributed by atoms with E-state index in [1.54, 1.807) is 0 Å². The van der Waals surface area contributed by atoms with Crippen LogP contribution in [0.15, 0.2) is 0 Å². The fraction of sp³-hybridized carbons (Fsp3) is 1.00. The van der Waals surface area contributed by atoms with E-state index in [4.69, 9.17) is 10.5 Å². The van der Waals surface area contributed by atoms with Gasteiger partial charge in [-0.1, -0.05) is 0 Å². The van der Waals surface area contributed by atoms with Gasteiger partial charge in [-0.15, -0.1) is 0 Å². The van der Waals surface area contributed by atoms with Crippen molar-refractivity contribution in [1.29, 1.82) is 0 Å². The quantitative estimate of drug-likeness (QED) is 0.672. The Hall–Kier alpha value is -0.150. The maximum atomic E-state index is 12.8. The third kappa shape index (κ3) is 3.16. The molecule has 1 heterocycles. The van der Waals surface area contributed by atoms with Gasteiger partial charge in [0, 0.05) is 19.8 Å². The lowest BCUT2D eigenvalue weighted by atomic mass is 9.94. The second-order valence-corrected chi connectivity index (χ2v) is 3.12. The van der Waals surface area contributed by atoms with E-state index in [-0.39, 0.29) is 6.54 Å². The highest BCUT2D eigenvalue weighted by Crippen LogP contribution is 2.20. The molecule has 1 aliphatic heterocycles. The first-order chi connectivity index (χ1) is 5.33. The van der Waals surface area contributed by atoms with Gasteiger partial charge in [0.1, 0.15) is 6.17 Å². The highest BCUT2D eigenvalue weighted by molar-refractivity contribution is 4.68. The van der Waals surface area contributed by atoms with Crippen LogP contribution in [0.4, 0.5) is 4.39 Å². The molecule has 3 heteroatoms. The molecular weight excluding hydrogens is 145 g/mol. The van der Waals surface area contributed by atoms with Gasteiger partial charge >= 0.3 is 0 Å². The lowest BCUT2D eigenvalue weighted by Crippen LogP contribution is -2.23. The van der Waals surface area contributed by atoms with Gasteiger partial charge in [0.05, 0.1) is 0 Å². The van der Waals surface area contributed by atoms with E-state index < -0.39 is 6.17 Å². The number of alkyl halides is 1. The smallest absolute Gasteiger partial charge is 0.113 e. The summed E-state index contributed by atoms with van der Waals surface area (Å²) in [4.78, 5) is 0. The first kappa shape index (κ1) is 8.94. The molecule has 2 nitrogen and oxygen atoms in total. The molecule has 66 valence electrons. The van der Waals surface area contributed by atoms with Crippen molar-refractivity contribution in [2.75, 3.05) is 19.8 Å². The molecule has 11 heavy (non-hydrogen) atoms. The van der Waals surface area contributed by atoms with Crippen molar-refractivity contribution in [2.24, 2.45) is 11.7 Å². The molecule has 0 amide bonds. The zero-order valence-corrected chi connectivity index (χ0v) is 6.76. The molecule has 1 aliphatic rings. The van der Waals surface area contributed by atoms with E-state index in [0.29, 0.717) is 12.3 Å². The molecular formula is C8H16FNO.